The summed E-state index contributed by atoms with van der Waals surface area (Å²) in [5, 5.41) is 3.23. The fourth-order valence-electron chi connectivity index (χ4n) is 3.54. The average molecular weight is 357 g/mol. The second-order valence-corrected chi connectivity index (χ2v) is 6.40. The van der Waals surface area contributed by atoms with Crippen LogP contribution in [0.4, 0.5) is 5.69 Å². The van der Waals surface area contributed by atoms with Gasteiger partial charge in [-0.2, -0.15) is 0 Å². The van der Waals surface area contributed by atoms with Crippen LogP contribution in [0.5, 0.6) is 5.75 Å². The Morgan fingerprint density at radius 3 is 1.89 bits per heavy atom. The summed E-state index contributed by atoms with van der Waals surface area (Å²) in [7, 11) is 0. The number of Topliss-reactive ketones (excluding diaryl/α,β-unsaturated/α-hetero) is 2. The normalized spacial score (nSPS) is 14.7. The second-order valence-electron chi connectivity index (χ2n) is 6.40. The standard InChI is InChI=1S/C23H19NO3/c1-2-27-18-14-12-17(13-15-18)24-23(16-8-4-3-5-9-16)21(25)19-10-6-7-11-20(19)22(23)26/h3-15,24H,2H2,1H3. The number of rotatable bonds is 5. The van der Waals surface area contributed by atoms with E-state index in [1.54, 1.807) is 24.3 Å². The van der Waals surface area contributed by atoms with Gasteiger partial charge in [0.2, 0.25) is 11.6 Å². The van der Waals surface area contributed by atoms with Crippen LogP contribution in [-0.4, -0.2) is 18.2 Å². The first-order chi connectivity index (χ1) is 13.2. The first-order valence-corrected chi connectivity index (χ1v) is 8.92. The number of anilines is 1. The summed E-state index contributed by atoms with van der Waals surface area (Å²) in [6, 6.07) is 23.4. The predicted octanol–water partition coefficient (Wildman–Crippen LogP) is 4.47. The third-order valence-electron chi connectivity index (χ3n) is 4.80. The Morgan fingerprint density at radius 1 is 0.778 bits per heavy atom. The van der Waals surface area contributed by atoms with E-state index in [9.17, 15) is 9.59 Å². The number of fused-ring (bicyclic) bond motifs is 1. The number of ether oxygens (including phenoxy) is 1. The van der Waals surface area contributed by atoms with Crippen molar-refractivity contribution < 1.29 is 14.3 Å². The van der Waals surface area contributed by atoms with E-state index in [0.29, 0.717) is 29.0 Å². The Hall–Kier alpha value is -3.40. The monoisotopic (exact) mass is 357 g/mol. The van der Waals surface area contributed by atoms with E-state index in [2.05, 4.69) is 5.32 Å². The smallest absolute Gasteiger partial charge is 0.201 e. The van der Waals surface area contributed by atoms with E-state index in [1.807, 2.05) is 61.5 Å². The fourth-order valence-corrected chi connectivity index (χ4v) is 3.54. The highest BCUT2D eigenvalue weighted by Crippen LogP contribution is 2.40. The summed E-state index contributed by atoms with van der Waals surface area (Å²) >= 11 is 0. The molecular formula is C23H19NO3. The van der Waals surface area contributed by atoms with Gasteiger partial charge in [0.1, 0.15) is 5.75 Å². The number of hydrogen-bond acceptors (Lipinski definition) is 4. The molecule has 1 aliphatic rings. The Bertz CT molecular complexity index is 959. The Kier molecular flexibility index (Phi) is 4.24. The van der Waals surface area contributed by atoms with Crippen LogP contribution in [0.1, 0.15) is 33.2 Å². The number of carbonyl (C=O) groups is 2. The third-order valence-corrected chi connectivity index (χ3v) is 4.80. The average Bonchev–Trinajstić information content (AvgIpc) is 2.93. The van der Waals surface area contributed by atoms with Crippen LogP contribution in [0.15, 0.2) is 78.9 Å². The van der Waals surface area contributed by atoms with Crippen molar-refractivity contribution in [2.24, 2.45) is 0 Å². The van der Waals surface area contributed by atoms with Gasteiger partial charge < -0.3 is 10.1 Å². The molecule has 134 valence electrons. The molecule has 0 aliphatic heterocycles. The molecule has 1 N–H and O–H groups in total. The Labute approximate surface area is 157 Å². The minimum Gasteiger partial charge on any atom is -0.494 e. The molecule has 3 aromatic rings. The van der Waals surface area contributed by atoms with Crippen molar-refractivity contribution in [1.82, 2.24) is 0 Å². The molecule has 0 saturated heterocycles. The molecule has 0 fully saturated rings. The molecular weight excluding hydrogens is 338 g/mol. The lowest BCUT2D eigenvalue weighted by Gasteiger charge is -2.29. The number of hydrogen-bond donors (Lipinski definition) is 1. The predicted molar refractivity (Wildman–Crippen MR) is 104 cm³/mol. The highest BCUT2D eigenvalue weighted by atomic mass is 16.5. The van der Waals surface area contributed by atoms with Crippen LogP contribution in [0.25, 0.3) is 0 Å². The molecule has 0 unspecified atom stereocenters. The molecule has 0 atom stereocenters. The first-order valence-electron chi connectivity index (χ1n) is 8.92. The van der Waals surface area contributed by atoms with Gasteiger partial charge in [-0.05, 0) is 36.8 Å². The molecule has 3 aromatic carbocycles. The Balaban J connectivity index is 1.82. The third kappa shape index (κ3) is 2.70. The van der Waals surface area contributed by atoms with Gasteiger partial charge in [-0.15, -0.1) is 0 Å². The SMILES string of the molecule is CCOc1ccc(NC2(c3ccccc3)C(=O)c3ccccc3C2=O)cc1. The largest absolute Gasteiger partial charge is 0.494 e. The highest BCUT2D eigenvalue weighted by molar-refractivity contribution is 6.34. The number of nitrogens with one attached hydrogen (secondary N) is 1. The van der Waals surface area contributed by atoms with E-state index >= 15 is 0 Å². The van der Waals surface area contributed by atoms with Crippen LogP contribution in [0.2, 0.25) is 0 Å². The quantitative estimate of drug-likeness (QED) is 0.685. The van der Waals surface area contributed by atoms with Crippen LogP contribution in [0.3, 0.4) is 0 Å². The summed E-state index contributed by atoms with van der Waals surface area (Å²) in [4.78, 5) is 26.8. The maximum Gasteiger partial charge on any atom is 0.201 e. The molecule has 4 heteroatoms. The maximum atomic E-state index is 13.4. The van der Waals surface area contributed by atoms with Crippen molar-refractivity contribution in [3.63, 3.8) is 0 Å². The van der Waals surface area contributed by atoms with Gasteiger partial charge in [0.05, 0.1) is 6.61 Å². The minimum atomic E-state index is -1.46. The highest BCUT2D eigenvalue weighted by Gasteiger charge is 2.54. The molecule has 0 heterocycles. The molecule has 4 nitrogen and oxygen atoms in total. The molecule has 0 saturated carbocycles. The first kappa shape index (κ1) is 17.0. The van der Waals surface area contributed by atoms with Crippen molar-refractivity contribution in [1.29, 1.82) is 0 Å². The maximum absolute atomic E-state index is 13.4. The molecule has 0 amide bonds. The topological polar surface area (TPSA) is 55.4 Å². The number of ketones is 2. The molecule has 1 aliphatic carbocycles. The van der Waals surface area contributed by atoms with Crippen molar-refractivity contribution >= 4 is 17.3 Å². The van der Waals surface area contributed by atoms with Gasteiger partial charge in [0.15, 0.2) is 5.54 Å². The lowest BCUT2D eigenvalue weighted by Crippen LogP contribution is -2.46. The van der Waals surface area contributed by atoms with E-state index in [-0.39, 0.29) is 11.6 Å². The molecule has 0 aromatic heterocycles. The van der Waals surface area contributed by atoms with Crippen molar-refractivity contribution in [3.8, 4) is 5.75 Å². The molecule has 0 spiro atoms. The molecule has 0 bridgehead atoms. The zero-order valence-electron chi connectivity index (χ0n) is 14.9. The summed E-state index contributed by atoms with van der Waals surface area (Å²) in [5.74, 6) is 0.274. The minimum absolute atomic E-state index is 0.233. The summed E-state index contributed by atoms with van der Waals surface area (Å²) in [5.41, 5.74) is 0.745. The van der Waals surface area contributed by atoms with Crippen LogP contribution in [0, 0.1) is 0 Å². The van der Waals surface area contributed by atoms with Gasteiger partial charge in [-0.1, -0.05) is 54.6 Å². The van der Waals surface area contributed by atoms with Gasteiger partial charge in [0, 0.05) is 16.8 Å². The number of benzene rings is 3. The second kappa shape index (κ2) is 6.72. The molecule has 4 rings (SSSR count). The van der Waals surface area contributed by atoms with Crippen LogP contribution < -0.4 is 10.1 Å². The van der Waals surface area contributed by atoms with Crippen molar-refractivity contribution in [3.05, 3.63) is 95.6 Å². The molecule has 0 radical (unpaired) electrons. The van der Waals surface area contributed by atoms with E-state index < -0.39 is 5.54 Å². The van der Waals surface area contributed by atoms with Crippen molar-refractivity contribution in [2.75, 3.05) is 11.9 Å². The lowest BCUT2D eigenvalue weighted by atomic mass is 9.84. The lowest BCUT2D eigenvalue weighted by molar-refractivity contribution is 0.0819. The van der Waals surface area contributed by atoms with E-state index in [1.165, 1.54) is 0 Å². The fraction of sp³-hybridized carbons (Fsp3) is 0.130. The number of carbonyl (C=O) groups excluding carboxylic acids is 2. The zero-order chi connectivity index (χ0) is 18.9. The van der Waals surface area contributed by atoms with E-state index in [4.69, 9.17) is 4.74 Å². The van der Waals surface area contributed by atoms with Gasteiger partial charge in [0.25, 0.3) is 0 Å². The summed E-state index contributed by atoms with van der Waals surface area (Å²) in [6.45, 7) is 2.50. The summed E-state index contributed by atoms with van der Waals surface area (Å²) in [6.07, 6.45) is 0. The van der Waals surface area contributed by atoms with Crippen LogP contribution in [-0.2, 0) is 5.54 Å². The molecule has 27 heavy (non-hydrogen) atoms. The van der Waals surface area contributed by atoms with Crippen LogP contribution >= 0.6 is 0 Å². The zero-order valence-corrected chi connectivity index (χ0v) is 14.9. The van der Waals surface area contributed by atoms with Crippen molar-refractivity contribution in [2.45, 2.75) is 12.5 Å². The van der Waals surface area contributed by atoms with Gasteiger partial charge in [-0.3, -0.25) is 9.59 Å². The Morgan fingerprint density at radius 2 is 1.33 bits per heavy atom. The van der Waals surface area contributed by atoms with Gasteiger partial charge in [-0.25, -0.2) is 0 Å². The van der Waals surface area contributed by atoms with E-state index in [0.717, 1.165) is 5.75 Å². The van der Waals surface area contributed by atoms with Gasteiger partial charge >= 0.3 is 0 Å². The summed E-state index contributed by atoms with van der Waals surface area (Å²) < 4.78 is 5.47.